The summed E-state index contributed by atoms with van der Waals surface area (Å²) in [6.45, 7) is 0.903. The van der Waals surface area contributed by atoms with Gasteiger partial charge in [0.2, 0.25) is 0 Å². The van der Waals surface area contributed by atoms with Crippen molar-refractivity contribution in [2.24, 2.45) is 10.9 Å². The molecule has 2 rings (SSSR count). The van der Waals surface area contributed by atoms with Crippen molar-refractivity contribution in [1.82, 2.24) is 4.90 Å². The van der Waals surface area contributed by atoms with Crippen molar-refractivity contribution in [1.29, 1.82) is 0 Å². The van der Waals surface area contributed by atoms with Crippen LogP contribution >= 0.6 is 12.6 Å². The zero-order chi connectivity index (χ0) is 10.7. The van der Waals surface area contributed by atoms with E-state index in [1.54, 1.807) is 0 Å². The quantitative estimate of drug-likeness (QED) is 0.726. The third-order valence-electron chi connectivity index (χ3n) is 3.26. The van der Waals surface area contributed by atoms with Gasteiger partial charge in [0.05, 0.1) is 6.54 Å². The molecule has 0 aromatic carbocycles. The van der Waals surface area contributed by atoms with E-state index < -0.39 is 0 Å². The molecule has 4 heteroatoms. The summed E-state index contributed by atoms with van der Waals surface area (Å²) in [5.41, 5.74) is 0. The molecule has 0 spiro atoms. The SMILES string of the molecule is O=C(S)C1CCC(N2C=CN=CC2)CC1. The Morgan fingerprint density at radius 1 is 1.33 bits per heavy atom. The van der Waals surface area contributed by atoms with Crippen LogP contribution in [0.5, 0.6) is 0 Å². The van der Waals surface area contributed by atoms with Crippen LogP contribution in [0.2, 0.25) is 0 Å². The van der Waals surface area contributed by atoms with Gasteiger partial charge in [-0.25, -0.2) is 0 Å². The zero-order valence-electron chi connectivity index (χ0n) is 8.67. The van der Waals surface area contributed by atoms with Gasteiger partial charge in [-0.05, 0) is 25.7 Å². The van der Waals surface area contributed by atoms with E-state index in [4.69, 9.17) is 0 Å². The molecule has 82 valence electrons. The second-order valence-electron chi connectivity index (χ2n) is 4.17. The van der Waals surface area contributed by atoms with Gasteiger partial charge in [0.15, 0.2) is 5.12 Å². The van der Waals surface area contributed by atoms with Crippen molar-refractivity contribution in [3.05, 3.63) is 12.4 Å². The Morgan fingerprint density at radius 3 is 2.60 bits per heavy atom. The molecule has 0 aromatic heterocycles. The van der Waals surface area contributed by atoms with Gasteiger partial charge in [0.1, 0.15) is 0 Å². The first kappa shape index (κ1) is 10.7. The van der Waals surface area contributed by atoms with Gasteiger partial charge in [-0.2, -0.15) is 0 Å². The van der Waals surface area contributed by atoms with Gasteiger partial charge in [-0.15, -0.1) is 12.6 Å². The average Bonchev–Trinajstić information content (AvgIpc) is 2.30. The van der Waals surface area contributed by atoms with E-state index >= 15 is 0 Å². The van der Waals surface area contributed by atoms with Gasteiger partial charge < -0.3 is 4.90 Å². The number of carbonyl (C=O) groups excluding carboxylic acids is 1. The summed E-state index contributed by atoms with van der Waals surface area (Å²) in [6, 6.07) is 0.580. The molecule has 0 unspecified atom stereocenters. The van der Waals surface area contributed by atoms with Gasteiger partial charge in [-0.1, -0.05) is 0 Å². The van der Waals surface area contributed by atoms with E-state index in [9.17, 15) is 4.79 Å². The van der Waals surface area contributed by atoms with Crippen LogP contribution in [0.3, 0.4) is 0 Å². The Kier molecular flexibility index (Phi) is 3.46. The minimum absolute atomic E-state index is 0.0594. The van der Waals surface area contributed by atoms with Gasteiger partial charge >= 0.3 is 0 Å². The highest BCUT2D eigenvalue weighted by atomic mass is 32.1. The highest BCUT2D eigenvalue weighted by molar-refractivity contribution is 7.96. The molecule has 15 heavy (non-hydrogen) atoms. The molecule has 2 aliphatic rings. The van der Waals surface area contributed by atoms with E-state index in [0.717, 1.165) is 32.2 Å². The molecular formula is C11H16N2OS. The van der Waals surface area contributed by atoms with Crippen LogP contribution in [0.1, 0.15) is 25.7 Å². The molecule has 0 amide bonds. The number of thiol groups is 1. The lowest BCUT2D eigenvalue weighted by Gasteiger charge is -2.35. The molecule has 0 bridgehead atoms. The molecule has 0 saturated heterocycles. The maximum Gasteiger partial charge on any atom is 0.188 e. The Morgan fingerprint density at radius 2 is 2.07 bits per heavy atom. The number of aliphatic imine (C=N–C) groups is 1. The summed E-state index contributed by atoms with van der Waals surface area (Å²) in [6.07, 6.45) is 9.95. The Bertz CT molecular complexity index is 293. The first-order chi connectivity index (χ1) is 7.27. The summed E-state index contributed by atoms with van der Waals surface area (Å²) >= 11 is 3.91. The Labute approximate surface area is 95.7 Å². The minimum atomic E-state index is 0.0594. The van der Waals surface area contributed by atoms with Crippen molar-refractivity contribution >= 4 is 24.0 Å². The van der Waals surface area contributed by atoms with E-state index in [1.165, 1.54) is 0 Å². The van der Waals surface area contributed by atoms with Gasteiger partial charge in [0.25, 0.3) is 0 Å². The number of nitrogens with zero attached hydrogens (tertiary/aromatic N) is 2. The van der Waals surface area contributed by atoms with E-state index in [2.05, 4.69) is 22.5 Å². The van der Waals surface area contributed by atoms with Crippen molar-refractivity contribution in [2.75, 3.05) is 6.54 Å². The summed E-state index contributed by atoms with van der Waals surface area (Å²) < 4.78 is 0. The van der Waals surface area contributed by atoms with Crippen LogP contribution in [0.15, 0.2) is 17.4 Å². The normalized spacial score (nSPS) is 30.6. The minimum Gasteiger partial charge on any atom is -0.368 e. The molecule has 1 aliphatic heterocycles. The molecule has 1 saturated carbocycles. The number of carbonyl (C=O) groups is 1. The molecule has 3 nitrogen and oxygen atoms in total. The van der Waals surface area contributed by atoms with Crippen LogP contribution < -0.4 is 0 Å². The van der Waals surface area contributed by atoms with E-state index in [0.29, 0.717) is 6.04 Å². The fraction of sp³-hybridized carbons (Fsp3) is 0.636. The first-order valence-corrected chi connectivity index (χ1v) is 5.89. The summed E-state index contributed by atoms with van der Waals surface area (Å²) in [5.74, 6) is 0.187. The fourth-order valence-electron chi connectivity index (χ4n) is 2.31. The van der Waals surface area contributed by atoms with Crippen molar-refractivity contribution in [2.45, 2.75) is 31.7 Å². The van der Waals surface area contributed by atoms with Crippen LogP contribution in [-0.2, 0) is 4.79 Å². The maximum absolute atomic E-state index is 11.1. The lowest BCUT2D eigenvalue weighted by molar-refractivity contribution is -0.115. The number of rotatable bonds is 2. The van der Waals surface area contributed by atoms with E-state index in [-0.39, 0.29) is 11.0 Å². The van der Waals surface area contributed by atoms with Crippen molar-refractivity contribution in [3.63, 3.8) is 0 Å². The molecular weight excluding hydrogens is 208 g/mol. The third-order valence-corrected chi connectivity index (χ3v) is 3.62. The topological polar surface area (TPSA) is 32.7 Å². The Balaban J connectivity index is 1.85. The predicted octanol–water partition coefficient (Wildman–Crippen LogP) is 1.86. The smallest absolute Gasteiger partial charge is 0.188 e. The molecule has 0 aromatic rings. The maximum atomic E-state index is 11.1. The fourth-order valence-corrected chi connectivity index (χ4v) is 2.57. The standard InChI is InChI=1S/C11H16N2OS/c14-11(15)9-1-3-10(4-2-9)13-7-5-12-6-8-13/h5-7,9-10H,1-4,8H2,(H,14,15). The van der Waals surface area contributed by atoms with Crippen LogP contribution in [0.4, 0.5) is 0 Å². The summed E-state index contributed by atoms with van der Waals surface area (Å²) in [5, 5.41) is 0.0594. The lowest BCUT2D eigenvalue weighted by Crippen LogP contribution is -2.37. The van der Waals surface area contributed by atoms with Crippen LogP contribution in [0.25, 0.3) is 0 Å². The molecule has 0 N–H and O–H groups in total. The van der Waals surface area contributed by atoms with Crippen molar-refractivity contribution < 1.29 is 4.79 Å². The van der Waals surface area contributed by atoms with Gasteiger partial charge in [0, 0.05) is 30.6 Å². The predicted molar refractivity (Wildman–Crippen MR) is 64.1 cm³/mol. The molecule has 1 aliphatic carbocycles. The van der Waals surface area contributed by atoms with Crippen LogP contribution in [0, 0.1) is 5.92 Å². The molecule has 0 radical (unpaired) electrons. The second-order valence-corrected chi connectivity index (χ2v) is 4.61. The Hall–Kier alpha value is -0.770. The van der Waals surface area contributed by atoms with Crippen molar-refractivity contribution in [3.8, 4) is 0 Å². The largest absolute Gasteiger partial charge is 0.368 e. The first-order valence-electron chi connectivity index (χ1n) is 5.44. The molecule has 0 atom stereocenters. The number of hydrogen-bond acceptors (Lipinski definition) is 3. The monoisotopic (exact) mass is 224 g/mol. The number of hydrogen-bond donors (Lipinski definition) is 1. The highest BCUT2D eigenvalue weighted by Gasteiger charge is 2.26. The van der Waals surface area contributed by atoms with E-state index in [1.807, 2.05) is 18.6 Å². The van der Waals surface area contributed by atoms with Gasteiger partial charge in [-0.3, -0.25) is 9.79 Å². The highest BCUT2D eigenvalue weighted by Crippen LogP contribution is 2.29. The third kappa shape index (κ3) is 2.62. The molecule has 1 fully saturated rings. The summed E-state index contributed by atoms with van der Waals surface area (Å²) in [7, 11) is 0. The zero-order valence-corrected chi connectivity index (χ0v) is 9.57. The van der Waals surface area contributed by atoms with Crippen LogP contribution in [-0.4, -0.2) is 28.8 Å². The molecule has 1 heterocycles. The average molecular weight is 224 g/mol. The summed E-state index contributed by atoms with van der Waals surface area (Å²) in [4.78, 5) is 17.5. The lowest BCUT2D eigenvalue weighted by atomic mass is 9.86. The second kappa shape index (κ2) is 4.84.